The first-order valence-electron chi connectivity index (χ1n) is 8.62. The molecule has 1 aliphatic rings. The Hall–Kier alpha value is -1.85. The number of thiazole rings is 1. The molecule has 0 aliphatic heterocycles. The summed E-state index contributed by atoms with van der Waals surface area (Å²) in [6.07, 6.45) is 4.75. The molecule has 5 heteroatoms. The molecule has 0 saturated heterocycles. The van der Waals surface area contributed by atoms with Gasteiger partial charge in [-0.05, 0) is 47.6 Å². The van der Waals surface area contributed by atoms with Crippen molar-refractivity contribution in [2.75, 3.05) is 0 Å². The molecule has 0 radical (unpaired) electrons. The number of aromatic nitrogens is 2. The standard InChI is InChI=1S/C21H19BrN2OS/c1-21(2)9-14(12-25)16-6-7-17(24-18(16)10-21)20-23-11-19(26-20)13-4-3-5-15(22)8-13/h3-8,11-12,14H,9-10H2,1-2H3. The van der Waals surface area contributed by atoms with E-state index in [-0.39, 0.29) is 11.3 Å². The van der Waals surface area contributed by atoms with Gasteiger partial charge in [0.05, 0.1) is 10.6 Å². The number of halogens is 1. The van der Waals surface area contributed by atoms with Gasteiger partial charge in [0.1, 0.15) is 11.3 Å². The Morgan fingerprint density at radius 1 is 1.27 bits per heavy atom. The van der Waals surface area contributed by atoms with E-state index in [9.17, 15) is 4.79 Å². The molecule has 1 aliphatic carbocycles. The summed E-state index contributed by atoms with van der Waals surface area (Å²) in [6, 6.07) is 12.3. The van der Waals surface area contributed by atoms with Crippen LogP contribution in [-0.4, -0.2) is 16.3 Å². The van der Waals surface area contributed by atoms with Crippen molar-refractivity contribution in [2.24, 2.45) is 5.41 Å². The van der Waals surface area contributed by atoms with Crippen molar-refractivity contribution in [3.63, 3.8) is 0 Å². The zero-order valence-corrected chi connectivity index (χ0v) is 17.1. The van der Waals surface area contributed by atoms with E-state index in [1.165, 1.54) is 0 Å². The fraction of sp³-hybridized carbons (Fsp3) is 0.286. The number of nitrogens with zero attached hydrogens (tertiary/aromatic N) is 2. The number of pyridine rings is 1. The van der Waals surface area contributed by atoms with E-state index < -0.39 is 0 Å². The molecule has 26 heavy (non-hydrogen) atoms. The van der Waals surface area contributed by atoms with Crippen molar-refractivity contribution in [1.82, 2.24) is 9.97 Å². The monoisotopic (exact) mass is 426 g/mol. The smallest absolute Gasteiger partial charge is 0.142 e. The average Bonchev–Trinajstić information content (AvgIpc) is 3.10. The second-order valence-corrected chi connectivity index (χ2v) is 9.51. The second kappa shape index (κ2) is 6.71. The van der Waals surface area contributed by atoms with E-state index >= 15 is 0 Å². The van der Waals surface area contributed by atoms with Gasteiger partial charge >= 0.3 is 0 Å². The van der Waals surface area contributed by atoms with Crippen LogP contribution in [0.5, 0.6) is 0 Å². The third-order valence-corrected chi connectivity index (χ3v) is 6.39. The highest BCUT2D eigenvalue weighted by molar-refractivity contribution is 9.10. The Labute approximate surface area is 165 Å². The zero-order chi connectivity index (χ0) is 18.3. The molecule has 1 atom stereocenters. The summed E-state index contributed by atoms with van der Waals surface area (Å²) in [5.74, 6) is -0.0520. The van der Waals surface area contributed by atoms with Crippen LogP contribution < -0.4 is 0 Å². The number of hydrogen-bond donors (Lipinski definition) is 0. The summed E-state index contributed by atoms with van der Waals surface area (Å²) in [7, 11) is 0. The minimum absolute atomic E-state index is 0.0520. The third kappa shape index (κ3) is 3.38. The molecule has 0 saturated carbocycles. The summed E-state index contributed by atoms with van der Waals surface area (Å²) in [6.45, 7) is 4.41. The van der Waals surface area contributed by atoms with Crippen LogP contribution in [0.15, 0.2) is 47.1 Å². The Morgan fingerprint density at radius 2 is 2.12 bits per heavy atom. The predicted octanol–water partition coefficient (Wildman–Crippen LogP) is 5.89. The Kier molecular flexibility index (Phi) is 4.53. The van der Waals surface area contributed by atoms with Crippen molar-refractivity contribution in [3.05, 3.63) is 58.3 Å². The SMILES string of the molecule is CC1(C)Cc2nc(-c3ncc(-c4cccc(Br)c4)s3)ccc2C(C=O)C1. The minimum Gasteiger partial charge on any atom is -0.303 e. The highest BCUT2D eigenvalue weighted by Gasteiger charge is 2.33. The van der Waals surface area contributed by atoms with Crippen LogP contribution in [0.1, 0.15) is 37.4 Å². The van der Waals surface area contributed by atoms with Crippen LogP contribution in [0.4, 0.5) is 0 Å². The van der Waals surface area contributed by atoms with Crippen LogP contribution in [0.3, 0.4) is 0 Å². The first-order chi connectivity index (χ1) is 12.4. The van der Waals surface area contributed by atoms with Crippen molar-refractivity contribution >= 4 is 33.6 Å². The molecule has 1 unspecified atom stereocenters. The Morgan fingerprint density at radius 3 is 2.88 bits per heavy atom. The van der Waals surface area contributed by atoms with Crippen molar-refractivity contribution in [3.8, 4) is 21.1 Å². The number of carbonyl (C=O) groups excluding carboxylic acids is 1. The van der Waals surface area contributed by atoms with Crippen molar-refractivity contribution in [1.29, 1.82) is 0 Å². The van der Waals surface area contributed by atoms with Gasteiger partial charge < -0.3 is 4.79 Å². The molecule has 1 aromatic carbocycles. The van der Waals surface area contributed by atoms with Gasteiger partial charge in [0.25, 0.3) is 0 Å². The lowest BCUT2D eigenvalue weighted by atomic mass is 9.71. The second-order valence-electron chi connectivity index (χ2n) is 7.56. The fourth-order valence-electron chi connectivity index (χ4n) is 3.63. The molecular formula is C21H19BrN2OS. The predicted molar refractivity (Wildman–Crippen MR) is 109 cm³/mol. The topological polar surface area (TPSA) is 42.9 Å². The third-order valence-electron chi connectivity index (χ3n) is 4.83. The maximum Gasteiger partial charge on any atom is 0.142 e. The molecule has 4 rings (SSSR count). The minimum atomic E-state index is -0.0520. The summed E-state index contributed by atoms with van der Waals surface area (Å²) < 4.78 is 1.05. The van der Waals surface area contributed by atoms with Gasteiger partial charge in [-0.3, -0.25) is 0 Å². The molecular weight excluding hydrogens is 408 g/mol. The molecule has 2 aromatic heterocycles. The number of rotatable bonds is 3. The lowest BCUT2D eigenvalue weighted by Gasteiger charge is -2.34. The molecule has 0 spiro atoms. The van der Waals surface area contributed by atoms with E-state index in [0.29, 0.717) is 0 Å². The van der Waals surface area contributed by atoms with E-state index in [4.69, 9.17) is 4.98 Å². The summed E-state index contributed by atoms with van der Waals surface area (Å²) in [5, 5.41) is 0.911. The van der Waals surface area contributed by atoms with Gasteiger partial charge in [0.15, 0.2) is 0 Å². The molecule has 0 N–H and O–H groups in total. The highest BCUT2D eigenvalue weighted by Crippen LogP contribution is 2.41. The van der Waals surface area contributed by atoms with Crippen LogP contribution in [0.25, 0.3) is 21.1 Å². The molecule has 0 amide bonds. The van der Waals surface area contributed by atoms with Gasteiger partial charge in [-0.1, -0.05) is 48.0 Å². The van der Waals surface area contributed by atoms with Gasteiger partial charge in [0, 0.05) is 22.3 Å². The summed E-state index contributed by atoms with van der Waals surface area (Å²) in [4.78, 5) is 22.1. The first kappa shape index (κ1) is 17.6. The number of hydrogen-bond acceptors (Lipinski definition) is 4. The number of carbonyl (C=O) groups is 1. The first-order valence-corrected chi connectivity index (χ1v) is 10.2. The van der Waals surface area contributed by atoms with Crippen molar-refractivity contribution < 1.29 is 4.79 Å². The molecule has 2 heterocycles. The highest BCUT2D eigenvalue weighted by atomic mass is 79.9. The number of aldehydes is 1. The maximum absolute atomic E-state index is 11.5. The normalized spacial score (nSPS) is 18.3. The molecule has 3 nitrogen and oxygen atoms in total. The number of benzene rings is 1. The Balaban J connectivity index is 1.71. The maximum atomic E-state index is 11.5. The Bertz CT molecular complexity index is 980. The van der Waals surface area contributed by atoms with Gasteiger partial charge in [-0.25, -0.2) is 9.97 Å². The van der Waals surface area contributed by atoms with Gasteiger partial charge in [-0.15, -0.1) is 11.3 Å². The molecule has 0 fully saturated rings. The van der Waals surface area contributed by atoms with E-state index in [2.05, 4.69) is 53.0 Å². The zero-order valence-electron chi connectivity index (χ0n) is 14.7. The largest absolute Gasteiger partial charge is 0.303 e. The van der Waals surface area contributed by atoms with Crippen LogP contribution in [-0.2, 0) is 11.2 Å². The molecule has 132 valence electrons. The quantitative estimate of drug-likeness (QED) is 0.490. The van der Waals surface area contributed by atoms with Crippen LogP contribution >= 0.6 is 27.3 Å². The molecule has 3 aromatic rings. The van der Waals surface area contributed by atoms with Crippen LogP contribution in [0, 0.1) is 5.41 Å². The van der Waals surface area contributed by atoms with E-state index in [1.807, 2.05) is 24.4 Å². The van der Waals surface area contributed by atoms with Crippen LogP contribution in [0.2, 0.25) is 0 Å². The van der Waals surface area contributed by atoms with Gasteiger partial charge in [0.2, 0.25) is 0 Å². The van der Waals surface area contributed by atoms with E-state index in [1.54, 1.807) is 11.3 Å². The van der Waals surface area contributed by atoms with Crippen molar-refractivity contribution in [2.45, 2.75) is 32.6 Å². The van der Waals surface area contributed by atoms with E-state index in [0.717, 1.165) is 56.0 Å². The van der Waals surface area contributed by atoms with Gasteiger partial charge in [-0.2, -0.15) is 0 Å². The summed E-state index contributed by atoms with van der Waals surface area (Å²) in [5.41, 5.74) is 4.23. The number of fused-ring (bicyclic) bond motifs is 1. The average molecular weight is 427 g/mol. The lowest BCUT2D eigenvalue weighted by Crippen LogP contribution is -2.27. The molecule has 0 bridgehead atoms. The fourth-order valence-corrected chi connectivity index (χ4v) is 4.91. The summed E-state index contributed by atoms with van der Waals surface area (Å²) >= 11 is 5.16. The lowest BCUT2D eigenvalue weighted by molar-refractivity contribution is -0.109.